The Bertz CT molecular complexity index is 921. The summed E-state index contributed by atoms with van der Waals surface area (Å²) in [6.07, 6.45) is 0. The number of thiophene rings is 1. The number of benzene rings is 1. The molecule has 1 fully saturated rings. The minimum absolute atomic E-state index is 0.0486. The number of anilines is 1. The number of amides is 2. The van der Waals surface area contributed by atoms with E-state index in [2.05, 4.69) is 21.9 Å². The molecule has 0 spiro atoms. The first kappa shape index (κ1) is 18.1. The van der Waals surface area contributed by atoms with Gasteiger partial charge in [0.15, 0.2) is 0 Å². The molecule has 1 aliphatic heterocycles. The second-order valence-corrected chi connectivity index (χ2v) is 8.65. The summed E-state index contributed by atoms with van der Waals surface area (Å²) in [5.41, 5.74) is 3.55. The molecule has 0 aliphatic carbocycles. The molecule has 1 saturated heterocycles. The van der Waals surface area contributed by atoms with Gasteiger partial charge in [0.2, 0.25) is 0 Å². The Balaban J connectivity index is 1.58. The molecule has 3 heterocycles. The third-order valence-electron chi connectivity index (χ3n) is 4.78. The molecule has 1 aromatic carbocycles. The van der Waals surface area contributed by atoms with Crippen LogP contribution in [0.5, 0.6) is 0 Å². The summed E-state index contributed by atoms with van der Waals surface area (Å²) in [4.78, 5) is 16.3. The van der Waals surface area contributed by atoms with Crippen molar-refractivity contribution in [2.24, 2.45) is 0 Å². The SMILES string of the molecule is Cc1nn(-c2ccccc2)c(C)c1NC(=O)N1CCSC[C@@H]1c1cccs1. The first-order valence-electron chi connectivity index (χ1n) is 8.95. The fourth-order valence-corrected chi connectivity index (χ4v) is 5.41. The molecule has 0 bridgehead atoms. The summed E-state index contributed by atoms with van der Waals surface area (Å²) < 4.78 is 1.88. The van der Waals surface area contributed by atoms with Gasteiger partial charge in [-0.2, -0.15) is 16.9 Å². The Morgan fingerprint density at radius 3 is 2.74 bits per heavy atom. The van der Waals surface area contributed by atoms with E-state index >= 15 is 0 Å². The van der Waals surface area contributed by atoms with Gasteiger partial charge in [0.1, 0.15) is 0 Å². The minimum atomic E-state index is -0.0486. The highest BCUT2D eigenvalue weighted by Crippen LogP contribution is 2.33. The van der Waals surface area contributed by atoms with Crippen molar-refractivity contribution in [3.63, 3.8) is 0 Å². The lowest BCUT2D eigenvalue weighted by molar-refractivity contribution is 0.197. The highest BCUT2D eigenvalue weighted by atomic mass is 32.2. The first-order chi connectivity index (χ1) is 13.1. The Morgan fingerprint density at radius 1 is 1.19 bits per heavy atom. The fraction of sp³-hybridized carbons (Fsp3) is 0.300. The smallest absolute Gasteiger partial charge is 0.315 e. The maximum atomic E-state index is 13.1. The lowest BCUT2D eigenvalue weighted by Gasteiger charge is -2.34. The van der Waals surface area contributed by atoms with E-state index in [4.69, 9.17) is 0 Å². The maximum absolute atomic E-state index is 13.1. The van der Waals surface area contributed by atoms with Crippen molar-refractivity contribution in [2.45, 2.75) is 19.9 Å². The molecule has 140 valence electrons. The van der Waals surface area contributed by atoms with E-state index in [-0.39, 0.29) is 12.1 Å². The first-order valence-corrected chi connectivity index (χ1v) is 11.0. The van der Waals surface area contributed by atoms with Crippen molar-refractivity contribution >= 4 is 34.8 Å². The highest BCUT2D eigenvalue weighted by molar-refractivity contribution is 7.99. The summed E-state index contributed by atoms with van der Waals surface area (Å²) in [5.74, 6) is 1.91. The number of para-hydroxylation sites is 1. The zero-order valence-electron chi connectivity index (χ0n) is 15.4. The van der Waals surface area contributed by atoms with Crippen LogP contribution in [-0.2, 0) is 0 Å². The van der Waals surface area contributed by atoms with Crippen LogP contribution in [-0.4, -0.2) is 38.8 Å². The predicted octanol–water partition coefficient (Wildman–Crippen LogP) is 4.87. The van der Waals surface area contributed by atoms with Crippen LogP contribution in [0.15, 0.2) is 47.8 Å². The molecule has 5 nitrogen and oxygen atoms in total. The fourth-order valence-electron chi connectivity index (χ4n) is 3.39. The zero-order chi connectivity index (χ0) is 18.8. The summed E-state index contributed by atoms with van der Waals surface area (Å²) in [7, 11) is 0. The van der Waals surface area contributed by atoms with Crippen molar-refractivity contribution in [3.05, 3.63) is 64.1 Å². The van der Waals surface area contributed by atoms with Crippen molar-refractivity contribution in [1.82, 2.24) is 14.7 Å². The van der Waals surface area contributed by atoms with Crippen LogP contribution in [0.1, 0.15) is 22.3 Å². The predicted molar refractivity (Wildman–Crippen MR) is 113 cm³/mol. The van der Waals surface area contributed by atoms with Crippen molar-refractivity contribution in [2.75, 3.05) is 23.4 Å². The van der Waals surface area contributed by atoms with Gasteiger partial charge in [0.25, 0.3) is 0 Å². The number of urea groups is 1. The van der Waals surface area contributed by atoms with Crippen LogP contribution in [0.2, 0.25) is 0 Å². The molecule has 1 atom stereocenters. The average molecular weight is 399 g/mol. The maximum Gasteiger partial charge on any atom is 0.322 e. The van der Waals surface area contributed by atoms with Gasteiger partial charge < -0.3 is 10.2 Å². The number of carbonyl (C=O) groups excluding carboxylic acids is 1. The van der Waals surface area contributed by atoms with Crippen LogP contribution >= 0.6 is 23.1 Å². The molecule has 2 amide bonds. The Kier molecular flexibility index (Phi) is 5.22. The van der Waals surface area contributed by atoms with Gasteiger partial charge in [-0.1, -0.05) is 24.3 Å². The molecule has 0 saturated carbocycles. The Labute approximate surface area is 167 Å². The van der Waals surface area contributed by atoms with E-state index in [0.717, 1.165) is 40.8 Å². The van der Waals surface area contributed by atoms with Crippen LogP contribution in [0.25, 0.3) is 5.69 Å². The summed E-state index contributed by atoms with van der Waals surface area (Å²) in [6, 6.07) is 14.2. The molecular formula is C20H22N4OS2. The second kappa shape index (κ2) is 7.78. The van der Waals surface area contributed by atoms with Gasteiger partial charge in [-0.25, -0.2) is 9.48 Å². The Morgan fingerprint density at radius 2 is 2.00 bits per heavy atom. The molecule has 7 heteroatoms. The standard InChI is InChI=1S/C20H22N4OS2/c1-14-19(15(2)24(22-14)16-7-4-3-5-8-16)21-20(25)23-10-12-26-13-17(23)18-9-6-11-27-18/h3-9,11,17H,10,12-13H2,1-2H3,(H,21,25)/t17-/m1/s1. The molecule has 1 aliphatic rings. The van der Waals surface area contributed by atoms with E-state index < -0.39 is 0 Å². The van der Waals surface area contributed by atoms with E-state index in [0.29, 0.717) is 0 Å². The van der Waals surface area contributed by atoms with Gasteiger partial charge in [-0.15, -0.1) is 11.3 Å². The number of thioether (sulfide) groups is 1. The van der Waals surface area contributed by atoms with Gasteiger partial charge in [0, 0.05) is 22.9 Å². The normalized spacial score (nSPS) is 17.1. The van der Waals surface area contributed by atoms with Crippen molar-refractivity contribution < 1.29 is 4.79 Å². The third-order valence-corrected chi connectivity index (χ3v) is 6.78. The van der Waals surface area contributed by atoms with Gasteiger partial charge >= 0.3 is 6.03 Å². The number of nitrogens with one attached hydrogen (secondary N) is 1. The number of aromatic nitrogens is 2. The monoisotopic (exact) mass is 398 g/mol. The molecular weight excluding hydrogens is 376 g/mol. The largest absolute Gasteiger partial charge is 0.322 e. The molecule has 0 radical (unpaired) electrons. The number of rotatable bonds is 3. The van der Waals surface area contributed by atoms with E-state index in [1.165, 1.54) is 4.88 Å². The molecule has 2 aromatic heterocycles. The lowest BCUT2D eigenvalue weighted by Crippen LogP contribution is -2.43. The zero-order valence-corrected chi connectivity index (χ0v) is 17.0. The average Bonchev–Trinajstić information content (AvgIpc) is 3.33. The second-order valence-electron chi connectivity index (χ2n) is 6.52. The van der Waals surface area contributed by atoms with E-state index in [9.17, 15) is 4.79 Å². The third kappa shape index (κ3) is 3.61. The number of nitrogens with zero attached hydrogens (tertiary/aromatic N) is 3. The van der Waals surface area contributed by atoms with Gasteiger partial charge in [-0.3, -0.25) is 0 Å². The van der Waals surface area contributed by atoms with Crippen LogP contribution < -0.4 is 5.32 Å². The number of carbonyl (C=O) groups is 1. The van der Waals surface area contributed by atoms with Crippen molar-refractivity contribution in [1.29, 1.82) is 0 Å². The highest BCUT2D eigenvalue weighted by Gasteiger charge is 2.30. The van der Waals surface area contributed by atoms with Gasteiger partial charge in [0.05, 0.1) is 28.8 Å². The van der Waals surface area contributed by atoms with Crippen LogP contribution in [0, 0.1) is 13.8 Å². The summed E-state index contributed by atoms with van der Waals surface area (Å²) >= 11 is 3.62. The minimum Gasteiger partial charge on any atom is -0.315 e. The molecule has 0 unspecified atom stereocenters. The summed E-state index contributed by atoms with van der Waals surface area (Å²) in [6.45, 7) is 4.68. The van der Waals surface area contributed by atoms with Crippen LogP contribution in [0.3, 0.4) is 0 Å². The quantitative estimate of drug-likeness (QED) is 0.685. The number of hydrogen-bond donors (Lipinski definition) is 1. The Hall–Kier alpha value is -2.25. The van der Waals surface area contributed by atoms with Gasteiger partial charge in [-0.05, 0) is 37.4 Å². The van der Waals surface area contributed by atoms with E-state index in [1.54, 1.807) is 11.3 Å². The molecule has 3 aromatic rings. The van der Waals surface area contributed by atoms with Crippen LogP contribution in [0.4, 0.5) is 10.5 Å². The number of aryl methyl sites for hydroxylation is 1. The van der Waals surface area contributed by atoms with E-state index in [1.807, 2.05) is 71.6 Å². The molecule has 4 rings (SSSR count). The lowest BCUT2D eigenvalue weighted by atomic mass is 10.2. The summed E-state index contributed by atoms with van der Waals surface area (Å²) in [5, 5.41) is 9.83. The van der Waals surface area contributed by atoms with Crippen molar-refractivity contribution in [3.8, 4) is 5.69 Å². The molecule has 27 heavy (non-hydrogen) atoms. The topological polar surface area (TPSA) is 50.2 Å². The number of hydrogen-bond acceptors (Lipinski definition) is 4. The molecule has 1 N–H and O–H groups in total.